The summed E-state index contributed by atoms with van der Waals surface area (Å²) >= 11 is 0. The van der Waals surface area contributed by atoms with Crippen LogP contribution in [0.1, 0.15) is 18.1 Å². The van der Waals surface area contributed by atoms with E-state index in [9.17, 15) is 13.2 Å². The maximum atomic E-state index is 14.0. The molecular formula is C21H16F3N. The van der Waals surface area contributed by atoms with Crippen LogP contribution < -0.4 is 0 Å². The van der Waals surface area contributed by atoms with E-state index in [0.29, 0.717) is 0 Å². The summed E-state index contributed by atoms with van der Waals surface area (Å²) in [6, 6.07) is 16.3. The molecular weight excluding hydrogens is 323 g/mol. The predicted molar refractivity (Wildman–Crippen MR) is 94.2 cm³/mol. The summed E-state index contributed by atoms with van der Waals surface area (Å²) in [6.45, 7) is 2.94. The fraction of sp³-hybridized carbons (Fsp3) is 0.143. The van der Waals surface area contributed by atoms with Gasteiger partial charge in [0.05, 0.1) is 0 Å². The number of aryl methyl sites for hydroxylation is 1. The van der Waals surface area contributed by atoms with Crippen LogP contribution in [0.25, 0.3) is 21.8 Å². The average Bonchev–Trinajstić information content (AvgIpc) is 2.95. The molecule has 0 amide bonds. The Morgan fingerprint density at radius 1 is 0.800 bits per heavy atom. The molecule has 3 aromatic carbocycles. The van der Waals surface area contributed by atoms with Crippen LogP contribution in [0, 0.1) is 17.5 Å². The van der Waals surface area contributed by atoms with Gasteiger partial charge in [-0.3, -0.25) is 0 Å². The maximum absolute atomic E-state index is 14.0. The second kappa shape index (κ2) is 5.96. The Labute approximate surface area is 143 Å². The Morgan fingerprint density at radius 3 is 2.36 bits per heavy atom. The minimum Gasteiger partial charge on any atom is -0.341 e. The maximum Gasteiger partial charge on any atom is 0.194 e. The highest BCUT2D eigenvalue weighted by atomic mass is 19.2. The predicted octanol–water partition coefficient (Wildman–Crippen LogP) is 5.82. The molecule has 0 unspecified atom stereocenters. The van der Waals surface area contributed by atoms with E-state index >= 15 is 0 Å². The van der Waals surface area contributed by atoms with Crippen molar-refractivity contribution in [3.05, 3.63) is 83.2 Å². The first-order chi connectivity index (χ1) is 12.1. The lowest BCUT2D eigenvalue weighted by atomic mass is 10.0. The molecule has 25 heavy (non-hydrogen) atoms. The van der Waals surface area contributed by atoms with Gasteiger partial charge in [-0.05, 0) is 42.3 Å². The Bertz CT molecular complexity index is 1100. The molecule has 4 heteroatoms. The number of hydrogen-bond donors (Lipinski definition) is 0. The second-order valence-corrected chi connectivity index (χ2v) is 6.12. The Morgan fingerprint density at radius 2 is 1.56 bits per heavy atom. The second-order valence-electron chi connectivity index (χ2n) is 6.12. The summed E-state index contributed by atoms with van der Waals surface area (Å²) in [7, 11) is 0. The lowest BCUT2D eigenvalue weighted by molar-refractivity contribution is 0.442. The fourth-order valence-electron chi connectivity index (χ4n) is 3.47. The first-order valence-electron chi connectivity index (χ1n) is 8.22. The average molecular weight is 339 g/mol. The molecule has 0 fully saturated rings. The van der Waals surface area contributed by atoms with Crippen LogP contribution in [0.5, 0.6) is 0 Å². The molecule has 0 bridgehead atoms. The molecule has 1 nitrogen and oxygen atoms in total. The van der Waals surface area contributed by atoms with E-state index < -0.39 is 17.5 Å². The zero-order valence-electron chi connectivity index (χ0n) is 13.7. The Hall–Kier alpha value is -2.75. The monoisotopic (exact) mass is 339 g/mol. The van der Waals surface area contributed by atoms with E-state index in [1.807, 2.05) is 30.3 Å². The number of fused-ring (bicyclic) bond motifs is 3. The molecule has 0 aliphatic rings. The van der Waals surface area contributed by atoms with Gasteiger partial charge in [-0.1, -0.05) is 30.3 Å². The van der Waals surface area contributed by atoms with E-state index in [-0.39, 0.29) is 12.0 Å². The Kier molecular flexibility index (Phi) is 3.75. The molecule has 0 atom stereocenters. The smallest absolute Gasteiger partial charge is 0.194 e. The third-order valence-electron chi connectivity index (χ3n) is 4.66. The topological polar surface area (TPSA) is 4.93 Å². The normalized spacial score (nSPS) is 11.5. The number of benzene rings is 3. The lowest BCUT2D eigenvalue weighted by Gasteiger charge is -2.07. The molecule has 0 N–H and O–H groups in total. The van der Waals surface area contributed by atoms with Crippen molar-refractivity contribution in [2.24, 2.45) is 0 Å². The van der Waals surface area contributed by atoms with Crippen LogP contribution in [0.4, 0.5) is 13.2 Å². The van der Waals surface area contributed by atoms with Crippen LogP contribution >= 0.6 is 0 Å². The first kappa shape index (κ1) is 15.8. The Balaban J connectivity index is 1.85. The number of nitrogens with zero attached hydrogens (tertiary/aromatic N) is 1. The highest BCUT2D eigenvalue weighted by molar-refractivity contribution is 6.08. The highest BCUT2D eigenvalue weighted by Gasteiger charge is 2.15. The van der Waals surface area contributed by atoms with Gasteiger partial charge < -0.3 is 4.57 Å². The van der Waals surface area contributed by atoms with E-state index in [1.165, 1.54) is 6.07 Å². The molecule has 0 spiro atoms. The van der Waals surface area contributed by atoms with Gasteiger partial charge in [-0.2, -0.15) is 0 Å². The highest BCUT2D eigenvalue weighted by Crippen LogP contribution is 2.30. The van der Waals surface area contributed by atoms with Crippen molar-refractivity contribution >= 4 is 21.8 Å². The van der Waals surface area contributed by atoms with Crippen LogP contribution in [-0.2, 0) is 13.0 Å². The van der Waals surface area contributed by atoms with Crippen molar-refractivity contribution in [1.29, 1.82) is 0 Å². The van der Waals surface area contributed by atoms with Gasteiger partial charge in [0.25, 0.3) is 0 Å². The standard InChI is InChI=1S/C21H16F3N/c1-2-25-18-6-4-3-5-15(18)16-12-13(7-10-19(16)25)11-14-8-9-17(22)21(24)20(14)23/h3-10,12H,2,11H2,1H3. The lowest BCUT2D eigenvalue weighted by Crippen LogP contribution is -1.99. The van der Waals surface area contributed by atoms with Crippen LogP contribution in [-0.4, -0.2) is 4.57 Å². The van der Waals surface area contributed by atoms with Gasteiger partial charge in [0, 0.05) is 34.8 Å². The van der Waals surface area contributed by atoms with E-state index in [1.54, 1.807) is 0 Å². The summed E-state index contributed by atoms with van der Waals surface area (Å²) in [5.41, 5.74) is 3.27. The third-order valence-corrected chi connectivity index (χ3v) is 4.66. The summed E-state index contributed by atoms with van der Waals surface area (Å²) in [6.07, 6.45) is 0.213. The molecule has 126 valence electrons. The molecule has 0 aliphatic heterocycles. The first-order valence-corrected chi connectivity index (χ1v) is 8.22. The molecule has 1 heterocycles. The number of halogens is 3. The number of hydrogen-bond acceptors (Lipinski definition) is 0. The minimum absolute atomic E-state index is 0.150. The largest absolute Gasteiger partial charge is 0.341 e. The van der Waals surface area contributed by atoms with Gasteiger partial charge in [-0.25, -0.2) is 13.2 Å². The van der Waals surface area contributed by atoms with E-state index in [0.717, 1.165) is 40.0 Å². The SMILES string of the molecule is CCn1c2ccccc2c2cc(Cc3ccc(F)c(F)c3F)ccc21. The van der Waals surface area contributed by atoms with Gasteiger partial charge >= 0.3 is 0 Å². The molecule has 0 radical (unpaired) electrons. The van der Waals surface area contributed by atoms with E-state index in [4.69, 9.17) is 0 Å². The zero-order chi connectivity index (χ0) is 17.6. The van der Waals surface area contributed by atoms with Crippen molar-refractivity contribution in [3.8, 4) is 0 Å². The van der Waals surface area contributed by atoms with Crippen molar-refractivity contribution in [3.63, 3.8) is 0 Å². The molecule has 0 saturated heterocycles. The molecule has 4 rings (SSSR count). The van der Waals surface area contributed by atoms with Gasteiger partial charge in [-0.15, -0.1) is 0 Å². The number of aromatic nitrogens is 1. The summed E-state index contributed by atoms with van der Waals surface area (Å²) in [4.78, 5) is 0. The molecule has 0 saturated carbocycles. The molecule has 0 aliphatic carbocycles. The number of rotatable bonds is 3. The quantitative estimate of drug-likeness (QED) is 0.414. The van der Waals surface area contributed by atoms with Crippen LogP contribution in [0.2, 0.25) is 0 Å². The van der Waals surface area contributed by atoms with Crippen molar-refractivity contribution in [2.45, 2.75) is 19.9 Å². The summed E-state index contributed by atoms with van der Waals surface area (Å²) < 4.78 is 42.7. The summed E-state index contributed by atoms with van der Waals surface area (Å²) in [5.74, 6) is -3.69. The van der Waals surface area contributed by atoms with Crippen molar-refractivity contribution < 1.29 is 13.2 Å². The van der Waals surface area contributed by atoms with Gasteiger partial charge in [0.2, 0.25) is 0 Å². The van der Waals surface area contributed by atoms with Crippen molar-refractivity contribution in [2.75, 3.05) is 0 Å². The van der Waals surface area contributed by atoms with Gasteiger partial charge in [0.15, 0.2) is 17.5 Å². The van der Waals surface area contributed by atoms with Crippen LogP contribution in [0.3, 0.4) is 0 Å². The molecule has 4 aromatic rings. The summed E-state index contributed by atoms with van der Waals surface area (Å²) in [5, 5.41) is 2.21. The fourth-order valence-corrected chi connectivity index (χ4v) is 3.47. The zero-order valence-corrected chi connectivity index (χ0v) is 13.7. The van der Waals surface area contributed by atoms with Crippen LogP contribution in [0.15, 0.2) is 54.6 Å². The number of para-hydroxylation sites is 1. The molecule has 1 aromatic heterocycles. The van der Waals surface area contributed by atoms with Crippen molar-refractivity contribution in [1.82, 2.24) is 4.57 Å². The van der Waals surface area contributed by atoms with E-state index in [2.05, 4.69) is 23.6 Å². The third kappa shape index (κ3) is 2.49. The minimum atomic E-state index is -1.42. The van der Waals surface area contributed by atoms with Gasteiger partial charge in [0.1, 0.15) is 0 Å².